The van der Waals surface area contributed by atoms with Crippen LogP contribution in [-0.2, 0) is 5.54 Å². The van der Waals surface area contributed by atoms with Crippen molar-refractivity contribution in [2.24, 2.45) is 4.99 Å². The normalized spacial score (nSPS) is 16.2. The first-order valence-corrected chi connectivity index (χ1v) is 5.76. The van der Waals surface area contributed by atoms with E-state index >= 15 is 0 Å². The average molecular weight is 219 g/mol. The molecule has 0 spiro atoms. The lowest BCUT2D eigenvalue weighted by Gasteiger charge is -2.25. The van der Waals surface area contributed by atoms with Gasteiger partial charge in [-0.2, -0.15) is 0 Å². The number of nitrogens with zero attached hydrogens (tertiary/aromatic N) is 1. The van der Waals surface area contributed by atoms with Crippen LogP contribution < -0.4 is 0 Å². The van der Waals surface area contributed by atoms with Crippen molar-refractivity contribution in [2.75, 3.05) is 0 Å². The number of aliphatic imine (C=N–C) groups is 1. The summed E-state index contributed by atoms with van der Waals surface area (Å²) in [4.78, 5) is 4.67. The van der Waals surface area contributed by atoms with Crippen LogP contribution in [0.4, 0.5) is 0 Å². The lowest BCUT2D eigenvalue weighted by molar-refractivity contribution is 0.700. The largest absolute Gasteiger partial charge is 0.273 e. The molecule has 0 saturated heterocycles. The van der Waals surface area contributed by atoms with Crippen molar-refractivity contribution in [3.05, 3.63) is 83.9 Å². The van der Waals surface area contributed by atoms with E-state index in [1.54, 1.807) is 0 Å². The van der Waals surface area contributed by atoms with Gasteiger partial charge in [-0.1, -0.05) is 60.7 Å². The van der Waals surface area contributed by atoms with E-state index < -0.39 is 0 Å². The summed E-state index contributed by atoms with van der Waals surface area (Å²) in [6, 6.07) is 20.8. The summed E-state index contributed by atoms with van der Waals surface area (Å²) in [6.45, 7) is 0. The van der Waals surface area contributed by atoms with Crippen molar-refractivity contribution in [1.29, 1.82) is 0 Å². The van der Waals surface area contributed by atoms with Gasteiger partial charge in [-0.05, 0) is 23.3 Å². The van der Waals surface area contributed by atoms with E-state index in [0.29, 0.717) is 0 Å². The van der Waals surface area contributed by atoms with Gasteiger partial charge in [0.15, 0.2) is 0 Å². The standard InChI is InChI=1S/C16H13N/c1-3-8-14(9-4-1)16(12-7-13-17-16)15-10-5-2-6-11-15/h1-13H. The molecule has 0 aliphatic carbocycles. The highest BCUT2D eigenvalue weighted by Gasteiger charge is 2.31. The number of allylic oxidation sites excluding steroid dienone is 1. The zero-order valence-electron chi connectivity index (χ0n) is 9.45. The second-order valence-corrected chi connectivity index (χ2v) is 4.14. The van der Waals surface area contributed by atoms with Crippen LogP contribution in [0.2, 0.25) is 0 Å². The van der Waals surface area contributed by atoms with Crippen LogP contribution in [0.1, 0.15) is 11.1 Å². The molecule has 0 atom stereocenters. The first-order valence-electron chi connectivity index (χ1n) is 5.76. The molecule has 1 nitrogen and oxygen atoms in total. The molecule has 0 bridgehead atoms. The van der Waals surface area contributed by atoms with E-state index in [9.17, 15) is 0 Å². The summed E-state index contributed by atoms with van der Waals surface area (Å²) >= 11 is 0. The molecule has 1 aliphatic heterocycles. The van der Waals surface area contributed by atoms with Gasteiger partial charge >= 0.3 is 0 Å². The van der Waals surface area contributed by atoms with E-state index in [4.69, 9.17) is 0 Å². The van der Waals surface area contributed by atoms with Crippen LogP contribution in [0.25, 0.3) is 0 Å². The van der Waals surface area contributed by atoms with Gasteiger partial charge in [-0.3, -0.25) is 4.99 Å². The Morgan fingerprint density at radius 1 is 0.706 bits per heavy atom. The highest BCUT2D eigenvalue weighted by atomic mass is 14.9. The van der Waals surface area contributed by atoms with E-state index in [1.165, 1.54) is 11.1 Å². The van der Waals surface area contributed by atoms with Gasteiger partial charge in [0.2, 0.25) is 0 Å². The molecule has 0 radical (unpaired) electrons. The van der Waals surface area contributed by atoms with Crippen LogP contribution in [-0.4, -0.2) is 6.21 Å². The molecule has 3 rings (SSSR count). The topological polar surface area (TPSA) is 12.4 Å². The van der Waals surface area contributed by atoms with Gasteiger partial charge in [0, 0.05) is 6.21 Å². The van der Waals surface area contributed by atoms with Gasteiger partial charge in [0.25, 0.3) is 0 Å². The summed E-state index contributed by atoms with van der Waals surface area (Å²) in [5.74, 6) is 0. The average Bonchev–Trinajstić information content (AvgIpc) is 2.91. The lowest BCUT2D eigenvalue weighted by Crippen LogP contribution is -2.20. The Kier molecular flexibility index (Phi) is 2.37. The maximum absolute atomic E-state index is 4.67. The van der Waals surface area contributed by atoms with Crippen molar-refractivity contribution >= 4 is 6.21 Å². The summed E-state index contributed by atoms with van der Waals surface area (Å²) in [5, 5.41) is 0. The molecular formula is C16H13N. The fourth-order valence-corrected chi connectivity index (χ4v) is 2.28. The molecule has 1 aliphatic rings. The molecule has 0 aromatic heterocycles. The Balaban J connectivity index is 2.19. The third kappa shape index (κ3) is 1.60. The Bertz CT molecular complexity index is 499. The van der Waals surface area contributed by atoms with Gasteiger partial charge in [-0.25, -0.2) is 0 Å². The van der Waals surface area contributed by atoms with E-state index in [-0.39, 0.29) is 5.54 Å². The zero-order valence-corrected chi connectivity index (χ0v) is 9.45. The molecule has 2 aromatic rings. The van der Waals surface area contributed by atoms with Crippen molar-refractivity contribution in [3.63, 3.8) is 0 Å². The third-order valence-electron chi connectivity index (χ3n) is 3.13. The quantitative estimate of drug-likeness (QED) is 0.732. The van der Waals surface area contributed by atoms with Crippen molar-refractivity contribution in [2.45, 2.75) is 5.54 Å². The second kappa shape index (κ2) is 4.02. The van der Waals surface area contributed by atoms with E-state index in [1.807, 2.05) is 24.4 Å². The fourth-order valence-electron chi connectivity index (χ4n) is 2.28. The Labute approximate surface area is 101 Å². The van der Waals surface area contributed by atoms with Crippen LogP contribution in [0, 0.1) is 0 Å². The molecular weight excluding hydrogens is 206 g/mol. The highest BCUT2D eigenvalue weighted by molar-refractivity contribution is 5.77. The molecule has 2 aromatic carbocycles. The molecule has 0 saturated carbocycles. The molecule has 0 fully saturated rings. The van der Waals surface area contributed by atoms with Crippen molar-refractivity contribution < 1.29 is 0 Å². The molecule has 1 heterocycles. The number of hydrogen-bond donors (Lipinski definition) is 0. The number of rotatable bonds is 2. The minimum atomic E-state index is -0.331. The Morgan fingerprint density at radius 3 is 1.65 bits per heavy atom. The first-order chi connectivity index (χ1) is 8.42. The minimum absolute atomic E-state index is 0.331. The SMILES string of the molecule is C1=CC(c2ccccc2)(c2ccccc2)N=C1. The van der Waals surface area contributed by atoms with Crippen LogP contribution in [0.3, 0.4) is 0 Å². The minimum Gasteiger partial charge on any atom is -0.273 e. The summed E-state index contributed by atoms with van der Waals surface area (Å²) < 4.78 is 0. The van der Waals surface area contributed by atoms with Crippen molar-refractivity contribution in [1.82, 2.24) is 0 Å². The molecule has 0 unspecified atom stereocenters. The van der Waals surface area contributed by atoms with Gasteiger partial charge in [0.05, 0.1) is 0 Å². The molecule has 17 heavy (non-hydrogen) atoms. The van der Waals surface area contributed by atoms with Crippen LogP contribution in [0.15, 0.2) is 77.8 Å². The molecule has 82 valence electrons. The predicted octanol–water partition coefficient (Wildman–Crippen LogP) is 3.57. The zero-order chi connectivity index (χ0) is 11.6. The maximum Gasteiger partial charge on any atom is 0.129 e. The maximum atomic E-state index is 4.67. The summed E-state index contributed by atoms with van der Waals surface area (Å²) in [5.41, 5.74) is 2.08. The lowest BCUT2D eigenvalue weighted by atomic mass is 9.84. The number of hydrogen-bond acceptors (Lipinski definition) is 1. The van der Waals surface area contributed by atoms with E-state index in [2.05, 4.69) is 59.6 Å². The van der Waals surface area contributed by atoms with Crippen molar-refractivity contribution in [3.8, 4) is 0 Å². The van der Waals surface area contributed by atoms with Gasteiger partial charge in [-0.15, -0.1) is 0 Å². The molecule has 0 amide bonds. The first kappa shape index (κ1) is 10.0. The van der Waals surface area contributed by atoms with Crippen LogP contribution >= 0.6 is 0 Å². The predicted molar refractivity (Wildman–Crippen MR) is 71.3 cm³/mol. The molecule has 1 heteroatoms. The van der Waals surface area contributed by atoms with Gasteiger partial charge in [0.1, 0.15) is 5.54 Å². The fraction of sp³-hybridized carbons (Fsp3) is 0.0625. The van der Waals surface area contributed by atoms with Crippen LogP contribution in [0.5, 0.6) is 0 Å². The second-order valence-electron chi connectivity index (χ2n) is 4.14. The third-order valence-corrected chi connectivity index (χ3v) is 3.13. The summed E-state index contributed by atoms with van der Waals surface area (Å²) in [6.07, 6.45) is 6.04. The highest BCUT2D eigenvalue weighted by Crippen LogP contribution is 2.36. The Morgan fingerprint density at radius 2 is 1.24 bits per heavy atom. The summed E-state index contributed by atoms with van der Waals surface area (Å²) in [7, 11) is 0. The number of benzene rings is 2. The molecule has 0 N–H and O–H groups in total. The smallest absolute Gasteiger partial charge is 0.129 e. The Hall–Kier alpha value is -2.15. The van der Waals surface area contributed by atoms with E-state index in [0.717, 1.165) is 0 Å². The van der Waals surface area contributed by atoms with Gasteiger partial charge < -0.3 is 0 Å². The monoisotopic (exact) mass is 219 g/mol.